The first kappa shape index (κ1) is 30.4. The third kappa shape index (κ3) is 6.19. The smallest absolute Gasteiger partial charge is 0.224 e. The summed E-state index contributed by atoms with van der Waals surface area (Å²) in [6, 6.07) is 6.71. The highest BCUT2D eigenvalue weighted by molar-refractivity contribution is 5.92. The van der Waals surface area contributed by atoms with Gasteiger partial charge in [-0.1, -0.05) is 6.07 Å². The molecule has 1 heterocycles. The SMILES string of the molecule is COc1cc2c(c(OC)c1OC)-c1ccc(NCCCC(=O)Nc3c(C)nn(C)c3C)c(=O)cc1C(NC(C)=O)CC2. The zero-order chi connectivity index (χ0) is 30.6. The van der Waals surface area contributed by atoms with E-state index < -0.39 is 0 Å². The molecule has 3 aromatic rings. The molecule has 42 heavy (non-hydrogen) atoms. The van der Waals surface area contributed by atoms with Crippen molar-refractivity contribution in [1.29, 1.82) is 0 Å². The Balaban J connectivity index is 1.63. The second-order valence-corrected chi connectivity index (χ2v) is 10.3. The number of aryl methyl sites for hydroxylation is 3. The third-order valence-corrected chi connectivity index (χ3v) is 7.59. The van der Waals surface area contributed by atoms with Crippen LogP contribution < -0.4 is 35.6 Å². The largest absolute Gasteiger partial charge is 0.493 e. The topological polar surface area (TPSA) is 133 Å². The molecule has 1 atom stereocenters. The normalized spacial score (nSPS) is 13.7. The molecule has 11 heteroatoms. The van der Waals surface area contributed by atoms with Gasteiger partial charge in [0.1, 0.15) is 0 Å². The van der Waals surface area contributed by atoms with Crippen molar-refractivity contribution in [2.45, 2.75) is 52.5 Å². The van der Waals surface area contributed by atoms with Gasteiger partial charge in [0, 0.05) is 32.5 Å². The van der Waals surface area contributed by atoms with Crippen LogP contribution in [0.15, 0.2) is 29.1 Å². The van der Waals surface area contributed by atoms with Gasteiger partial charge in [-0.3, -0.25) is 19.1 Å². The molecule has 1 unspecified atom stereocenters. The number of anilines is 2. The zero-order valence-electron chi connectivity index (χ0n) is 25.3. The van der Waals surface area contributed by atoms with Crippen molar-refractivity contribution < 1.29 is 23.8 Å². The van der Waals surface area contributed by atoms with Gasteiger partial charge in [-0.15, -0.1) is 0 Å². The molecule has 0 radical (unpaired) electrons. The molecule has 2 amide bonds. The molecule has 0 bridgehead atoms. The van der Waals surface area contributed by atoms with Crippen LogP contribution in [0, 0.1) is 13.8 Å². The fraction of sp³-hybridized carbons (Fsp3) is 0.419. The maximum absolute atomic E-state index is 13.4. The van der Waals surface area contributed by atoms with Crippen molar-refractivity contribution in [2.75, 3.05) is 38.5 Å². The van der Waals surface area contributed by atoms with Gasteiger partial charge in [-0.25, -0.2) is 0 Å². The summed E-state index contributed by atoms with van der Waals surface area (Å²) in [5.74, 6) is 1.18. The number of ether oxygens (including phenoxy) is 3. The van der Waals surface area contributed by atoms with E-state index in [-0.39, 0.29) is 29.7 Å². The first-order valence-corrected chi connectivity index (χ1v) is 13.9. The molecule has 1 aromatic heterocycles. The molecule has 0 saturated heterocycles. The van der Waals surface area contributed by atoms with Gasteiger partial charge in [0.15, 0.2) is 11.5 Å². The Hall–Kier alpha value is -4.54. The summed E-state index contributed by atoms with van der Waals surface area (Å²) in [6.45, 7) is 5.64. The number of benzene rings is 1. The van der Waals surface area contributed by atoms with Crippen LogP contribution in [0.2, 0.25) is 0 Å². The Morgan fingerprint density at radius 2 is 1.81 bits per heavy atom. The van der Waals surface area contributed by atoms with E-state index in [0.717, 1.165) is 33.8 Å². The molecule has 0 fully saturated rings. The molecule has 3 N–H and O–H groups in total. The van der Waals surface area contributed by atoms with Crippen molar-refractivity contribution in [2.24, 2.45) is 7.05 Å². The second kappa shape index (κ2) is 13.0. The first-order valence-electron chi connectivity index (χ1n) is 13.9. The number of fused-ring (bicyclic) bond motifs is 3. The van der Waals surface area contributed by atoms with E-state index in [1.54, 1.807) is 38.1 Å². The quantitative estimate of drug-likeness (QED) is 0.308. The standard InChI is InChI=1S/C31H39N5O6/c1-17-29(18(2)36(4)35-17)34-27(39)9-8-14-32-24-13-11-21-22(16-25(24)38)23(33-19(3)37)12-10-20-15-26(40-5)30(41-6)31(42-7)28(20)21/h11,13,15-16,23H,8-10,12,14H2,1-7H3,(H,32,38)(H,33,37)(H,34,39). The van der Waals surface area contributed by atoms with Crippen LogP contribution in [0.3, 0.4) is 0 Å². The molecular weight excluding hydrogens is 538 g/mol. The minimum atomic E-state index is -0.386. The number of hydrogen-bond acceptors (Lipinski definition) is 8. The Labute approximate surface area is 245 Å². The Bertz CT molecular complexity index is 1560. The molecule has 2 aromatic carbocycles. The fourth-order valence-corrected chi connectivity index (χ4v) is 5.48. The average molecular weight is 578 g/mol. The minimum Gasteiger partial charge on any atom is -0.493 e. The summed E-state index contributed by atoms with van der Waals surface area (Å²) in [5, 5.41) is 13.5. The van der Waals surface area contributed by atoms with Gasteiger partial charge < -0.3 is 30.2 Å². The molecule has 0 aliphatic heterocycles. The van der Waals surface area contributed by atoms with Crippen LogP contribution in [0.1, 0.15) is 54.7 Å². The monoisotopic (exact) mass is 577 g/mol. The second-order valence-electron chi connectivity index (χ2n) is 10.3. The van der Waals surface area contributed by atoms with Gasteiger partial charge in [-0.05, 0) is 68.0 Å². The van der Waals surface area contributed by atoms with Crippen molar-refractivity contribution >= 4 is 23.2 Å². The van der Waals surface area contributed by atoms with Crippen LogP contribution in [0.5, 0.6) is 17.2 Å². The third-order valence-electron chi connectivity index (χ3n) is 7.59. The van der Waals surface area contributed by atoms with Crippen LogP contribution >= 0.6 is 0 Å². The van der Waals surface area contributed by atoms with Crippen molar-refractivity contribution in [3.63, 3.8) is 0 Å². The molecule has 0 saturated carbocycles. The number of carbonyl (C=O) groups excluding carboxylic acids is 2. The number of hydrogen-bond donors (Lipinski definition) is 3. The van der Waals surface area contributed by atoms with Crippen molar-refractivity contribution in [3.05, 3.63) is 57.0 Å². The number of carbonyl (C=O) groups is 2. The first-order chi connectivity index (χ1) is 20.1. The number of nitrogens with zero attached hydrogens (tertiary/aromatic N) is 2. The van der Waals surface area contributed by atoms with E-state index in [4.69, 9.17) is 14.2 Å². The van der Waals surface area contributed by atoms with E-state index in [1.807, 2.05) is 33.0 Å². The summed E-state index contributed by atoms with van der Waals surface area (Å²) in [5.41, 5.74) is 5.74. The van der Waals surface area contributed by atoms with Gasteiger partial charge in [0.2, 0.25) is 23.0 Å². The molecule has 1 aliphatic carbocycles. The molecule has 11 nitrogen and oxygen atoms in total. The number of methoxy groups -OCH3 is 3. The highest BCUT2D eigenvalue weighted by Crippen LogP contribution is 2.50. The van der Waals surface area contributed by atoms with Crippen LogP contribution in [0.4, 0.5) is 11.4 Å². The average Bonchev–Trinajstić information content (AvgIpc) is 3.07. The minimum absolute atomic E-state index is 0.116. The van der Waals surface area contributed by atoms with Gasteiger partial charge in [0.25, 0.3) is 0 Å². The summed E-state index contributed by atoms with van der Waals surface area (Å²) in [6.07, 6.45) is 2.00. The predicted octanol–water partition coefficient (Wildman–Crippen LogP) is 4.04. The zero-order valence-corrected chi connectivity index (χ0v) is 25.3. The Kier molecular flexibility index (Phi) is 9.39. The van der Waals surface area contributed by atoms with Gasteiger partial charge in [-0.2, -0.15) is 5.10 Å². The van der Waals surface area contributed by atoms with Gasteiger partial charge in [0.05, 0.1) is 50.1 Å². The summed E-state index contributed by atoms with van der Waals surface area (Å²) >= 11 is 0. The maximum atomic E-state index is 13.4. The fourth-order valence-electron chi connectivity index (χ4n) is 5.48. The number of rotatable bonds is 10. The van der Waals surface area contributed by atoms with Crippen LogP contribution in [-0.4, -0.2) is 49.5 Å². The number of nitrogens with one attached hydrogen (secondary N) is 3. The van der Waals surface area contributed by atoms with E-state index in [9.17, 15) is 14.4 Å². The Morgan fingerprint density at radius 3 is 2.43 bits per heavy atom. The van der Waals surface area contributed by atoms with E-state index in [2.05, 4.69) is 21.0 Å². The number of amides is 2. The maximum Gasteiger partial charge on any atom is 0.224 e. The predicted molar refractivity (Wildman–Crippen MR) is 162 cm³/mol. The number of aromatic nitrogens is 2. The summed E-state index contributed by atoms with van der Waals surface area (Å²) in [7, 11) is 6.52. The van der Waals surface area contributed by atoms with Crippen molar-refractivity contribution in [1.82, 2.24) is 15.1 Å². The van der Waals surface area contributed by atoms with E-state index >= 15 is 0 Å². The summed E-state index contributed by atoms with van der Waals surface area (Å²) < 4.78 is 18.8. The van der Waals surface area contributed by atoms with Crippen LogP contribution in [0.25, 0.3) is 11.1 Å². The van der Waals surface area contributed by atoms with E-state index in [1.165, 1.54) is 6.92 Å². The molecule has 224 valence electrons. The molecule has 4 rings (SSSR count). The molecule has 1 aliphatic rings. The van der Waals surface area contributed by atoms with Crippen LogP contribution in [-0.2, 0) is 23.1 Å². The van der Waals surface area contributed by atoms with E-state index in [0.29, 0.717) is 54.3 Å². The molecular formula is C31H39N5O6. The highest BCUT2D eigenvalue weighted by atomic mass is 16.5. The Morgan fingerprint density at radius 1 is 1.07 bits per heavy atom. The lowest BCUT2D eigenvalue weighted by molar-refractivity contribution is -0.119. The lowest BCUT2D eigenvalue weighted by atomic mass is 9.95. The highest BCUT2D eigenvalue weighted by Gasteiger charge is 2.29. The summed E-state index contributed by atoms with van der Waals surface area (Å²) in [4.78, 5) is 38.1. The molecule has 0 spiro atoms. The lowest BCUT2D eigenvalue weighted by Crippen LogP contribution is -2.26. The lowest BCUT2D eigenvalue weighted by Gasteiger charge is -2.19. The van der Waals surface area contributed by atoms with Gasteiger partial charge >= 0.3 is 0 Å². The van der Waals surface area contributed by atoms with Crippen molar-refractivity contribution in [3.8, 4) is 28.4 Å².